The Morgan fingerprint density at radius 3 is 2.88 bits per heavy atom. The highest BCUT2D eigenvalue weighted by atomic mass is 14.8. The third-order valence-electron chi connectivity index (χ3n) is 2.86. The van der Waals surface area contributed by atoms with Crippen LogP contribution in [0.15, 0.2) is 36.5 Å². The van der Waals surface area contributed by atoms with Gasteiger partial charge in [0.05, 0.1) is 5.52 Å². The van der Waals surface area contributed by atoms with Gasteiger partial charge in [0.1, 0.15) is 0 Å². The van der Waals surface area contributed by atoms with Gasteiger partial charge < -0.3 is 11.1 Å². The summed E-state index contributed by atoms with van der Waals surface area (Å²) in [4.78, 5) is 4.36. The fourth-order valence-corrected chi connectivity index (χ4v) is 1.93. The highest BCUT2D eigenvalue weighted by molar-refractivity contribution is 5.81. The van der Waals surface area contributed by atoms with E-state index in [9.17, 15) is 0 Å². The molecule has 1 aromatic heterocycles. The molecule has 0 bridgehead atoms. The lowest BCUT2D eigenvalue weighted by Gasteiger charge is -2.07. The maximum absolute atomic E-state index is 5.46. The first-order valence-electron chi connectivity index (χ1n) is 6.15. The first-order chi connectivity index (χ1) is 8.42. The Kier molecular flexibility index (Phi) is 4.47. The molecule has 2 rings (SSSR count). The lowest BCUT2D eigenvalue weighted by atomic mass is 10.1. The smallest absolute Gasteiger partial charge is 0.0705 e. The van der Waals surface area contributed by atoms with Gasteiger partial charge in [0.15, 0.2) is 0 Å². The van der Waals surface area contributed by atoms with Crippen molar-refractivity contribution in [2.75, 3.05) is 13.1 Å². The minimum atomic E-state index is 0.778. The average Bonchev–Trinajstić information content (AvgIpc) is 2.39. The van der Waals surface area contributed by atoms with Crippen LogP contribution < -0.4 is 11.1 Å². The molecule has 3 N–H and O–H groups in total. The molecule has 3 heteroatoms. The summed E-state index contributed by atoms with van der Waals surface area (Å²) in [5.41, 5.74) is 7.83. The number of fused-ring (bicyclic) bond motifs is 1. The zero-order valence-corrected chi connectivity index (χ0v) is 10.0. The van der Waals surface area contributed by atoms with Gasteiger partial charge in [0.25, 0.3) is 0 Å². The van der Waals surface area contributed by atoms with Crippen LogP contribution in [-0.2, 0) is 6.54 Å². The first kappa shape index (κ1) is 12.0. The van der Waals surface area contributed by atoms with E-state index < -0.39 is 0 Å². The van der Waals surface area contributed by atoms with Crippen molar-refractivity contribution in [2.45, 2.75) is 19.4 Å². The van der Waals surface area contributed by atoms with Gasteiger partial charge in [-0.15, -0.1) is 0 Å². The maximum Gasteiger partial charge on any atom is 0.0705 e. The van der Waals surface area contributed by atoms with Gasteiger partial charge in [0, 0.05) is 18.1 Å². The van der Waals surface area contributed by atoms with Gasteiger partial charge in [-0.05, 0) is 43.6 Å². The molecule has 0 unspecified atom stereocenters. The van der Waals surface area contributed by atoms with E-state index >= 15 is 0 Å². The van der Waals surface area contributed by atoms with E-state index in [0.717, 1.165) is 38.0 Å². The van der Waals surface area contributed by atoms with Crippen molar-refractivity contribution in [1.29, 1.82) is 0 Å². The molecule has 0 radical (unpaired) electrons. The molecule has 0 saturated heterocycles. The summed E-state index contributed by atoms with van der Waals surface area (Å²) in [6.45, 7) is 2.70. The van der Waals surface area contributed by atoms with Crippen molar-refractivity contribution in [3.63, 3.8) is 0 Å². The summed E-state index contributed by atoms with van der Waals surface area (Å²) >= 11 is 0. The van der Waals surface area contributed by atoms with Crippen LogP contribution in [0, 0.1) is 0 Å². The van der Waals surface area contributed by atoms with Crippen molar-refractivity contribution < 1.29 is 0 Å². The molecule has 90 valence electrons. The van der Waals surface area contributed by atoms with E-state index in [1.807, 2.05) is 18.3 Å². The molecular formula is C14H19N3. The van der Waals surface area contributed by atoms with Crippen LogP contribution in [0.3, 0.4) is 0 Å². The number of nitrogens with two attached hydrogens (primary N) is 1. The third kappa shape index (κ3) is 3.25. The standard InChI is InChI=1S/C14H19N3/c15-8-3-4-9-16-11-12-7-10-17-14-6-2-1-5-13(12)14/h1-2,5-7,10,16H,3-4,8-9,11,15H2. The second-order valence-electron chi connectivity index (χ2n) is 4.16. The molecule has 1 aromatic carbocycles. The van der Waals surface area contributed by atoms with E-state index in [1.54, 1.807) is 0 Å². The van der Waals surface area contributed by atoms with E-state index in [0.29, 0.717) is 0 Å². The summed E-state index contributed by atoms with van der Waals surface area (Å²) < 4.78 is 0. The van der Waals surface area contributed by atoms with Crippen LogP contribution >= 0.6 is 0 Å². The summed E-state index contributed by atoms with van der Waals surface area (Å²) in [6.07, 6.45) is 4.10. The van der Waals surface area contributed by atoms with Crippen molar-refractivity contribution in [2.24, 2.45) is 5.73 Å². The number of hydrogen-bond acceptors (Lipinski definition) is 3. The third-order valence-corrected chi connectivity index (χ3v) is 2.86. The molecule has 0 amide bonds. The van der Waals surface area contributed by atoms with Crippen molar-refractivity contribution in [3.05, 3.63) is 42.1 Å². The Morgan fingerprint density at radius 2 is 2.00 bits per heavy atom. The summed E-state index contributed by atoms with van der Waals surface area (Å²) in [6, 6.07) is 10.3. The number of nitrogens with zero attached hydrogens (tertiary/aromatic N) is 1. The minimum absolute atomic E-state index is 0.778. The van der Waals surface area contributed by atoms with Crippen LogP contribution in [-0.4, -0.2) is 18.1 Å². The monoisotopic (exact) mass is 229 g/mol. The highest BCUT2D eigenvalue weighted by Crippen LogP contribution is 2.15. The summed E-state index contributed by atoms with van der Waals surface area (Å²) in [7, 11) is 0. The molecular weight excluding hydrogens is 210 g/mol. The summed E-state index contributed by atoms with van der Waals surface area (Å²) in [5, 5.41) is 4.68. The molecule has 2 aromatic rings. The van der Waals surface area contributed by atoms with E-state index in [1.165, 1.54) is 10.9 Å². The topological polar surface area (TPSA) is 50.9 Å². The Morgan fingerprint density at radius 1 is 1.12 bits per heavy atom. The number of aromatic nitrogens is 1. The van der Waals surface area contributed by atoms with Crippen molar-refractivity contribution in [3.8, 4) is 0 Å². The number of unbranched alkanes of at least 4 members (excludes halogenated alkanes) is 1. The molecule has 3 nitrogen and oxygen atoms in total. The van der Waals surface area contributed by atoms with E-state index in [4.69, 9.17) is 5.73 Å². The zero-order chi connectivity index (χ0) is 11.9. The molecule has 0 saturated carbocycles. The van der Waals surface area contributed by atoms with Gasteiger partial charge in [-0.2, -0.15) is 0 Å². The number of benzene rings is 1. The zero-order valence-electron chi connectivity index (χ0n) is 10.0. The van der Waals surface area contributed by atoms with Gasteiger partial charge in [-0.1, -0.05) is 18.2 Å². The molecule has 0 atom stereocenters. The second-order valence-corrected chi connectivity index (χ2v) is 4.16. The largest absolute Gasteiger partial charge is 0.330 e. The van der Waals surface area contributed by atoms with Gasteiger partial charge in [-0.3, -0.25) is 4.98 Å². The highest BCUT2D eigenvalue weighted by Gasteiger charge is 2.00. The predicted molar refractivity (Wildman–Crippen MR) is 71.7 cm³/mol. The normalized spacial score (nSPS) is 10.9. The Labute approximate surface area is 102 Å². The Balaban J connectivity index is 1.98. The fraction of sp³-hybridized carbons (Fsp3) is 0.357. The van der Waals surface area contributed by atoms with Crippen LogP contribution in [0.5, 0.6) is 0 Å². The Bertz CT molecular complexity index is 462. The first-order valence-corrected chi connectivity index (χ1v) is 6.15. The quantitative estimate of drug-likeness (QED) is 0.745. The maximum atomic E-state index is 5.46. The minimum Gasteiger partial charge on any atom is -0.330 e. The van der Waals surface area contributed by atoms with Gasteiger partial charge in [-0.25, -0.2) is 0 Å². The van der Waals surface area contributed by atoms with Crippen molar-refractivity contribution >= 4 is 10.9 Å². The van der Waals surface area contributed by atoms with Crippen LogP contribution in [0.1, 0.15) is 18.4 Å². The molecule has 0 aliphatic carbocycles. The number of nitrogens with one attached hydrogen (secondary N) is 1. The SMILES string of the molecule is NCCCCNCc1ccnc2ccccc12. The van der Waals surface area contributed by atoms with Gasteiger partial charge >= 0.3 is 0 Å². The van der Waals surface area contributed by atoms with Crippen LogP contribution in [0.25, 0.3) is 10.9 Å². The molecule has 0 aliphatic rings. The number of para-hydroxylation sites is 1. The Hall–Kier alpha value is -1.45. The molecule has 17 heavy (non-hydrogen) atoms. The molecule has 0 spiro atoms. The van der Waals surface area contributed by atoms with Gasteiger partial charge in [0.2, 0.25) is 0 Å². The number of pyridine rings is 1. The fourth-order valence-electron chi connectivity index (χ4n) is 1.93. The van der Waals surface area contributed by atoms with E-state index in [2.05, 4.69) is 28.5 Å². The summed E-state index contributed by atoms with van der Waals surface area (Å²) in [5.74, 6) is 0. The average molecular weight is 229 g/mol. The lowest BCUT2D eigenvalue weighted by molar-refractivity contribution is 0.629. The molecule has 0 fully saturated rings. The number of hydrogen-bond donors (Lipinski definition) is 2. The number of rotatable bonds is 6. The van der Waals surface area contributed by atoms with Crippen molar-refractivity contribution in [1.82, 2.24) is 10.3 Å². The second kappa shape index (κ2) is 6.33. The van der Waals surface area contributed by atoms with E-state index in [-0.39, 0.29) is 0 Å². The molecule has 1 heterocycles. The van der Waals surface area contributed by atoms with Crippen LogP contribution in [0.2, 0.25) is 0 Å². The predicted octanol–water partition coefficient (Wildman–Crippen LogP) is 2.06. The molecule has 0 aliphatic heterocycles. The van der Waals surface area contributed by atoms with Crippen LogP contribution in [0.4, 0.5) is 0 Å². The lowest BCUT2D eigenvalue weighted by Crippen LogP contribution is -2.16.